The van der Waals surface area contributed by atoms with Crippen molar-refractivity contribution >= 4 is 12.1 Å². The molecule has 19 heavy (non-hydrogen) atoms. The first-order chi connectivity index (χ1) is 9.22. The normalized spacial score (nSPS) is 18.8. The number of amides is 1. The van der Waals surface area contributed by atoms with Gasteiger partial charge in [0.15, 0.2) is 0 Å². The van der Waals surface area contributed by atoms with Gasteiger partial charge in [-0.25, -0.2) is 9.59 Å². The monoisotopic (exact) mass is 263 g/mol. The molecule has 5 heteroatoms. The molecule has 1 heterocycles. The Morgan fingerprint density at radius 3 is 2.63 bits per heavy atom. The van der Waals surface area contributed by atoms with Gasteiger partial charge >= 0.3 is 12.1 Å². The maximum Gasteiger partial charge on any atom is 0.415 e. The number of likely N-dealkylation sites (tertiary alicyclic amines) is 1. The lowest BCUT2D eigenvalue weighted by Crippen LogP contribution is -2.49. The second-order valence-corrected chi connectivity index (χ2v) is 4.41. The number of hydrogen-bond donors (Lipinski definition) is 0. The fraction of sp³-hybridized carbons (Fsp3) is 0.429. The smallest absolute Gasteiger partial charge is 0.415 e. The van der Waals surface area contributed by atoms with Crippen LogP contribution in [0.2, 0.25) is 0 Å². The summed E-state index contributed by atoms with van der Waals surface area (Å²) in [7, 11) is 1.33. The van der Waals surface area contributed by atoms with Crippen LogP contribution in [0.15, 0.2) is 30.3 Å². The van der Waals surface area contributed by atoms with Crippen LogP contribution in [0.25, 0.3) is 0 Å². The molecular weight excluding hydrogens is 246 g/mol. The molecule has 1 fully saturated rings. The van der Waals surface area contributed by atoms with Crippen molar-refractivity contribution in [3.63, 3.8) is 0 Å². The summed E-state index contributed by atoms with van der Waals surface area (Å²) in [6.45, 7) is 0.519. The molecule has 1 aromatic rings. The number of piperidine rings is 1. The van der Waals surface area contributed by atoms with Gasteiger partial charge in [0.1, 0.15) is 11.8 Å². The third kappa shape index (κ3) is 3.24. The Hall–Kier alpha value is -2.04. The first-order valence-electron chi connectivity index (χ1n) is 6.33. The number of esters is 1. The number of ether oxygens (including phenoxy) is 2. The number of carbonyl (C=O) groups excluding carboxylic acids is 2. The number of methoxy groups -OCH3 is 1. The molecule has 0 saturated carbocycles. The molecule has 1 atom stereocenters. The second kappa shape index (κ2) is 6.22. The molecule has 1 aliphatic heterocycles. The topological polar surface area (TPSA) is 55.8 Å². The summed E-state index contributed by atoms with van der Waals surface area (Å²) in [6, 6.07) is 8.29. The zero-order valence-corrected chi connectivity index (χ0v) is 10.9. The van der Waals surface area contributed by atoms with E-state index in [0.717, 1.165) is 12.8 Å². The van der Waals surface area contributed by atoms with Gasteiger partial charge in [0.2, 0.25) is 0 Å². The Bertz CT molecular complexity index is 446. The highest BCUT2D eigenvalue weighted by molar-refractivity contribution is 5.82. The van der Waals surface area contributed by atoms with Crippen molar-refractivity contribution in [2.24, 2.45) is 0 Å². The van der Waals surface area contributed by atoms with E-state index in [1.165, 1.54) is 12.0 Å². The van der Waals surface area contributed by atoms with Gasteiger partial charge in [-0.05, 0) is 31.4 Å². The van der Waals surface area contributed by atoms with Crippen LogP contribution in [-0.4, -0.2) is 36.7 Å². The third-order valence-electron chi connectivity index (χ3n) is 3.16. The van der Waals surface area contributed by atoms with Gasteiger partial charge in [0, 0.05) is 6.54 Å². The minimum Gasteiger partial charge on any atom is -0.467 e. The average Bonchev–Trinajstić information content (AvgIpc) is 2.47. The van der Waals surface area contributed by atoms with Crippen LogP contribution in [0, 0.1) is 0 Å². The van der Waals surface area contributed by atoms with E-state index in [1.54, 1.807) is 24.3 Å². The van der Waals surface area contributed by atoms with E-state index < -0.39 is 12.1 Å². The minimum absolute atomic E-state index is 0.385. The van der Waals surface area contributed by atoms with E-state index >= 15 is 0 Å². The predicted molar refractivity (Wildman–Crippen MR) is 68.8 cm³/mol. The van der Waals surface area contributed by atoms with Crippen LogP contribution in [0.3, 0.4) is 0 Å². The molecule has 1 aliphatic rings. The van der Waals surface area contributed by atoms with Crippen molar-refractivity contribution in [2.45, 2.75) is 25.3 Å². The van der Waals surface area contributed by atoms with Crippen molar-refractivity contribution in [3.8, 4) is 5.75 Å². The first kappa shape index (κ1) is 13.4. The van der Waals surface area contributed by atoms with Gasteiger partial charge in [-0.1, -0.05) is 18.2 Å². The SMILES string of the molecule is COC(=O)[C@H]1CCCCN1C(=O)Oc1ccccc1. The highest BCUT2D eigenvalue weighted by Crippen LogP contribution is 2.20. The lowest BCUT2D eigenvalue weighted by molar-refractivity contribution is -0.147. The van der Waals surface area contributed by atoms with Crippen LogP contribution in [-0.2, 0) is 9.53 Å². The van der Waals surface area contributed by atoms with E-state index in [2.05, 4.69) is 0 Å². The van der Waals surface area contributed by atoms with Gasteiger partial charge in [0.25, 0.3) is 0 Å². The molecular formula is C14H17NO4. The summed E-state index contributed by atoms with van der Waals surface area (Å²) in [4.78, 5) is 25.2. The van der Waals surface area contributed by atoms with E-state index in [9.17, 15) is 9.59 Å². The molecule has 0 bridgehead atoms. The van der Waals surface area contributed by atoms with Crippen LogP contribution in [0.1, 0.15) is 19.3 Å². The molecule has 1 amide bonds. The molecule has 0 unspecified atom stereocenters. The maximum atomic E-state index is 12.1. The van der Waals surface area contributed by atoms with E-state index in [0.29, 0.717) is 18.7 Å². The quantitative estimate of drug-likeness (QED) is 0.768. The van der Waals surface area contributed by atoms with Gasteiger partial charge < -0.3 is 9.47 Å². The van der Waals surface area contributed by atoms with Crippen LogP contribution in [0.4, 0.5) is 4.79 Å². The third-order valence-corrected chi connectivity index (χ3v) is 3.16. The maximum absolute atomic E-state index is 12.1. The zero-order valence-electron chi connectivity index (χ0n) is 10.9. The number of carbonyl (C=O) groups is 2. The van der Waals surface area contributed by atoms with Crippen molar-refractivity contribution in [1.82, 2.24) is 4.90 Å². The average molecular weight is 263 g/mol. The predicted octanol–water partition coefficient (Wildman–Crippen LogP) is 2.21. The molecule has 0 aliphatic carbocycles. The van der Waals surface area contributed by atoms with Crippen LogP contribution < -0.4 is 4.74 Å². The van der Waals surface area contributed by atoms with Gasteiger partial charge in [0.05, 0.1) is 7.11 Å². The lowest BCUT2D eigenvalue weighted by atomic mass is 10.0. The van der Waals surface area contributed by atoms with Crippen LogP contribution in [0.5, 0.6) is 5.75 Å². The van der Waals surface area contributed by atoms with E-state index in [1.807, 2.05) is 6.07 Å². The summed E-state index contributed by atoms with van der Waals surface area (Å²) in [6.07, 6.45) is 1.91. The minimum atomic E-state index is -0.532. The van der Waals surface area contributed by atoms with Gasteiger partial charge in [-0.2, -0.15) is 0 Å². The highest BCUT2D eigenvalue weighted by atomic mass is 16.6. The molecule has 2 rings (SSSR count). The number of para-hydroxylation sites is 1. The summed E-state index contributed by atoms with van der Waals surface area (Å²) in [5.74, 6) is 0.0893. The van der Waals surface area contributed by atoms with Crippen molar-refractivity contribution in [1.29, 1.82) is 0 Å². The fourth-order valence-corrected chi connectivity index (χ4v) is 2.18. The number of benzene rings is 1. The Labute approximate surface area is 112 Å². The molecule has 102 valence electrons. The van der Waals surface area contributed by atoms with Gasteiger partial charge in [-0.15, -0.1) is 0 Å². The van der Waals surface area contributed by atoms with Crippen molar-refractivity contribution in [3.05, 3.63) is 30.3 Å². The molecule has 5 nitrogen and oxygen atoms in total. The highest BCUT2D eigenvalue weighted by Gasteiger charge is 2.34. The Kier molecular flexibility index (Phi) is 4.39. The number of rotatable bonds is 2. The molecule has 0 spiro atoms. The lowest BCUT2D eigenvalue weighted by Gasteiger charge is -2.32. The first-order valence-corrected chi connectivity index (χ1v) is 6.33. The second-order valence-electron chi connectivity index (χ2n) is 4.41. The molecule has 0 N–H and O–H groups in total. The largest absolute Gasteiger partial charge is 0.467 e. The van der Waals surface area contributed by atoms with Crippen molar-refractivity contribution < 1.29 is 19.1 Å². The summed E-state index contributed by atoms with van der Waals surface area (Å²) in [5, 5.41) is 0. The van der Waals surface area contributed by atoms with E-state index in [4.69, 9.17) is 9.47 Å². The Morgan fingerprint density at radius 1 is 1.21 bits per heavy atom. The van der Waals surface area contributed by atoms with Gasteiger partial charge in [-0.3, -0.25) is 4.90 Å². The fourth-order valence-electron chi connectivity index (χ4n) is 2.18. The molecule has 0 aromatic heterocycles. The summed E-state index contributed by atoms with van der Waals surface area (Å²) < 4.78 is 9.99. The summed E-state index contributed by atoms with van der Waals surface area (Å²) in [5.41, 5.74) is 0. The van der Waals surface area contributed by atoms with Crippen molar-refractivity contribution in [2.75, 3.05) is 13.7 Å². The Balaban J connectivity index is 2.05. The Morgan fingerprint density at radius 2 is 1.95 bits per heavy atom. The number of hydrogen-bond acceptors (Lipinski definition) is 4. The molecule has 1 aromatic carbocycles. The van der Waals surface area contributed by atoms with E-state index in [-0.39, 0.29) is 5.97 Å². The molecule has 1 saturated heterocycles. The molecule has 0 radical (unpaired) electrons. The van der Waals surface area contributed by atoms with Crippen LogP contribution >= 0.6 is 0 Å². The zero-order chi connectivity index (χ0) is 13.7. The standard InChI is InChI=1S/C14H17NO4/c1-18-13(16)12-9-5-6-10-15(12)14(17)19-11-7-3-2-4-8-11/h2-4,7-8,12H,5-6,9-10H2,1H3/t12-/m1/s1. The number of nitrogens with zero attached hydrogens (tertiary/aromatic N) is 1. The summed E-state index contributed by atoms with van der Waals surface area (Å²) >= 11 is 0.